The average Bonchev–Trinajstić information content (AvgIpc) is 3.27. The van der Waals surface area contributed by atoms with Crippen molar-refractivity contribution in [3.63, 3.8) is 0 Å². The fourth-order valence-corrected chi connectivity index (χ4v) is 5.29. The van der Waals surface area contributed by atoms with Gasteiger partial charge in [0.15, 0.2) is 11.6 Å². The molecular weight excluding hydrogens is 502 g/mol. The van der Waals surface area contributed by atoms with E-state index in [9.17, 15) is 32.3 Å². The lowest BCUT2D eigenvalue weighted by Gasteiger charge is -2.56. The zero-order chi connectivity index (χ0) is 24.7. The van der Waals surface area contributed by atoms with Gasteiger partial charge in [-0.05, 0) is 44.2 Å². The summed E-state index contributed by atoms with van der Waals surface area (Å²) in [6, 6.07) is 3.78. The maximum absolute atomic E-state index is 13.5. The zero-order valence-electron chi connectivity index (χ0n) is 17.5. The van der Waals surface area contributed by atoms with Crippen LogP contribution in [0.1, 0.15) is 47.6 Å². The molecular formula is C21H20ClF4N3O4S. The number of thiazole rings is 1. The highest BCUT2D eigenvalue weighted by Gasteiger charge is 2.55. The number of hydrogen-bond acceptors (Lipinski definition) is 6. The van der Waals surface area contributed by atoms with Crippen LogP contribution in [0.4, 0.5) is 17.6 Å². The second-order valence-corrected chi connectivity index (χ2v) is 9.82. The summed E-state index contributed by atoms with van der Waals surface area (Å²) in [5.41, 5.74) is -2.04. The van der Waals surface area contributed by atoms with Crippen LogP contribution in [0.25, 0.3) is 0 Å². The molecule has 1 aromatic heterocycles. The second-order valence-electron chi connectivity index (χ2n) is 8.56. The van der Waals surface area contributed by atoms with Gasteiger partial charge in [-0.15, -0.1) is 11.3 Å². The number of ether oxygens (including phenoxy) is 1. The number of nitrogens with zero attached hydrogens (tertiary/aromatic N) is 1. The Morgan fingerprint density at radius 2 is 1.94 bits per heavy atom. The van der Waals surface area contributed by atoms with Gasteiger partial charge >= 0.3 is 6.18 Å². The van der Waals surface area contributed by atoms with Crippen molar-refractivity contribution in [2.45, 2.75) is 55.5 Å². The van der Waals surface area contributed by atoms with Crippen molar-refractivity contribution in [2.24, 2.45) is 0 Å². The lowest BCUT2D eigenvalue weighted by atomic mass is 9.60. The fourth-order valence-electron chi connectivity index (χ4n) is 4.50. The number of nitrogens with one attached hydrogen (secondary N) is 2. The number of hydrogen-bond donors (Lipinski definition) is 3. The van der Waals surface area contributed by atoms with E-state index in [1.54, 1.807) is 0 Å². The van der Waals surface area contributed by atoms with Gasteiger partial charge in [0, 0.05) is 17.0 Å². The highest BCUT2D eigenvalue weighted by atomic mass is 35.5. The molecule has 7 nitrogen and oxygen atoms in total. The number of carbonyl (C=O) groups excluding carboxylic acids is 2. The number of aliphatic hydroxyl groups excluding tert-OH is 1. The van der Waals surface area contributed by atoms with Crippen LogP contribution in [0, 0.1) is 5.82 Å². The van der Waals surface area contributed by atoms with Crippen molar-refractivity contribution in [2.75, 3.05) is 6.61 Å². The Morgan fingerprint density at radius 3 is 2.53 bits per heavy atom. The highest BCUT2D eigenvalue weighted by molar-refractivity contribution is 7.09. The summed E-state index contributed by atoms with van der Waals surface area (Å²) in [4.78, 5) is 28.4. The maximum Gasteiger partial charge on any atom is 0.443 e. The van der Waals surface area contributed by atoms with E-state index < -0.39 is 52.6 Å². The topological polar surface area (TPSA) is 101 Å². The summed E-state index contributed by atoms with van der Waals surface area (Å²) in [6.45, 7) is -0.400. The predicted molar refractivity (Wildman–Crippen MR) is 114 cm³/mol. The predicted octanol–water partition coefficient (Wildman–Crippen LogP) is 3.70. The Hall–Kier alpha value is -2.44. The molecule has 34 heavy (non-hydrogen) atoms. The number of rotatable bonds is 6. The molecule has 0 aliphatic heterocycles. The van der Waals surface area contributed by atoms with Crippen LogP contribution in [-0.4, -0.2) is 45.7 Å². The minimum absolute atomic E-state index is 0.0747. The number of aliphatic hydroxyl groups is 1. The number of benzene rings is 1. The molecule has 1 atom stereocenters. The lowest BCUT2D eigenvalue weighted by Crippen LogP contribution is -2.70. The van der Waals surface area contributed by atoms with Gasteiger partial charge in [0.1, 0.15) is 17.3 Å². The van der Waals surface area contributed by atoms with Crippen molar-refractivity contribution in [1.29, 1.82) is 0 Å². The third-order valence-corrected chi connectivity index (χ3v) is 7.52. The molecule has 1 aromatic carbocycles. The number of carbonyl (C=O) groups is 2. The minimum Gasteiger partial charge on any atom is -0.484 e. The van der Waals surface area contributed by atoms with E-state index in [0.717, 1.165) is 11.4 Å². The van der Waals surface area contributed by atoms with Crippen LogP contribution >= 0.6 is 22.9 Å². The van der Waals surface area contributed by atoms with E-state index in [4.69, 9.17) is 16.3 Å². The van der Waals surface area contributed by atoms with Crippen LogP contribution in [0.2, 0.25) is 5.02 Å². The summed E-state index contributed by atoms with van der Waals surface area (Å²) in [5.74, 6) is -1.80. The maximum atomic E-state index is 13.5. The molecule has 13 heteroatoms. The smallest absolute Gasteiger partial charge is 0.443 e. The average molecular weight is 522 g/mol. The summed E-state index contributed by atoms with van der Waals surface area (Å²) < 4.78 is 57.1. The summed E-state index contributed by atoms with van der Waals surface area (Å²) in [7, 11) is 0. The van der Waals surface area contributed by atoms with Crippen molar-refractivity contribution < 1.29 is 37.0 Å². The van der Waals surface area contributed by atoms with E-state index in [2.05, 4.69) is 15.6 Å². The molecule has 3 saturated carbocycles. The first kappa shape index (κ1) is 24.7. The Balaban J connectivity index is 1.34. The third-order valence-electron chi connectivity index (χ3n) is 6.33. The van der Waals surface area contributed by atoms with Crippen molar-refractivity contribution in [3.8, 4) is 5.75 Å². The van der Waals surface area contributed by atoms with E-state index in [1.807, 2.05) is 0 Å². The van der Waals surface area contributed by atoms with Gasteiger partial charge in [0.2, 0.25) is 0 Å². The molecule has 0 radical (unpaired) electrons. The largest absolute Gasteiger partial charge is 0.484 e. The Bertz CT molecular complexity index is 1100. The monoisotopic (exact) mass is 521 g/mol. The summed E-state index contributed by atoms with van der Waals surface area (Å²) >= 11 is 5.96. The van der Waals surface area contributed by atoms with Gasteiger partial charge in [-0.2, -0.15) is 13.2 Å². The molecule has 3 aliphatic carbocycles. The molecule has 3 fully saturated rings. The van der Waals surface area contributed by atoms with Gasteiger partial charge in [-0.25, -0.2) is 9.37 Å². The molecule has 3 aliphatic rings. The number of amides is 2. The highest BCUT2D eigenvalue weighted by Crippen LogP contribution is 2.47. The first-order valence-corrected chi connectivity index (χ1v) is 11.6. The Morgan fingerprint density at radius 1 is 1.24 bits per heavy atom. The van der Waals surface area contributed by atoms with Gasteiger partial charge in [-0.1, -0.05) is 11.6 Å². The summed E-state index contributed by atoms with van der Waals surface area (Å²) in [5, 5.41) is 16.2. The number of fused-ring (bicyclic) bond motifs is 3. The van der Waals surface area contributed by atoms with Gasteiger partial charge < -0.3 is 20.5 Å². The van der Waals surface area contributed by atoms with Gasteiger partial charge in [0.25, 0.3) is 11.8 Å². The van der Waals surface area contributed by atoms with Crippen molar-refractivity contribution >= 4 is 34.8 Å². The van der Waals surface area contributed by atoms with E-state index in [1.165, 1.54) is 12.1 Å². The second kappa shape index (κ2) is 8.97. The number of halogens is 5. The first-order valence-electron chi connectivity index (χ1n) is 10.3. The normalized spacial score (nSPS) is 26.2. The minimum atomic E-state index is -4.63. The Kier molecular flexibility index (Phi) is 6.51. The van der Waals surface area contributed by atoms with Crippen molar-refractivity contribution in [3.05, 3.63) is 45.1 Å². The van der Waals surface area contributed by atoms with Crippen LogP contribution in [0.5, 0.6) is 5.75 Å². The molecule has 2 amide bonds. The third kappa shape index (κ3) is 4.98. The SMILES string of the molecule is O=C(COc1ccc(Cl)c(F)c1)NC12CCC(NC(=O)c3csc(C(F)(F)F)n3)(CC1)CC2O. The molecule has 2 bridgehead atoms. The number of alkyl halides is 3. The summed E-state index contributed by atoms with van der Waals surface area (Å²) in [6.07, 6.45) is -3.98. The van der Waals surface area contributed by atoms with Crippen LogP contribution in [0.3, 0.4) is 0 Å². The van der Waals surface area contributed by atoms with E-state index in [0.29, 0.717) is 37.0 Å². The fraction of sp³-hybridized carbons (Fsp3) is 0.476. The quantitative estimate of drug-likeness (QED) is 0.503. The zero-order valence-corrected chi connectivity index (χ0v) is 19.1. The molecule has 5 rings (SSSR count). The number of aromatic nitrogens is 1. The molecule has 184 valence electrons. The molecule has 3 N–H and O–H groups in total. The Labute approximate surface area is 200 Å². The molecule has 1 unspecified atom stereocenters. The van der Waals surface area contributed by atoms with Crippen LogP contribution in [-0.2, 0) is 11.0 Å². The van der Waals surface area contributed by atoms with Crippen LogP contribution < -0.4 is 15.4 Å². The van der Waals surface area contributed by atoms with Gasteiger partial charge in [0.05, 0.1) is 16.7 Å². The first-order chi connectivity index (χ1) is 15.9. The van der Waals surface area contributed by atoms with Gasteiger partial charge in [-0.3, -0.25) is 9.59 Å². The standard InChI is InChI=1S/C21H20ClF4N3O4S/c22-12-2-1-11(7-13(12)23)33-9-16(31)28-20-5-3-19(4-6-20,8-15(20)30)29-17(32)14-10-34-18(27-14)21(24,25)26/h1-2,7,10,15,30H,3-6,8-9H2,(H,28,31)(H,29,32). The molecule has 0 spiro atoms. The van der Waals surface area contributed by atoms with E-state index >= 15 is 0 Å². The molecule has 0 saturated heterocycles. The van der Waals surface area contributed by atoms with E-state index in [-0.39, 0.29) is 22.9 Å². The van der Waals surface area contributed by atoms with Crippen molar-refractivity contribution in [1.82, 2.24) is 15.6 Å². The lowest BCUT2D eigenvalue weighted by molar-refractivity contribution is -0.137. The molecule has 1 heterocycles. The molecule has 2 aromatic rings. The van der Waals surface area contributed by atoms with Crippen LogP contribution in [0.15, 0.2) is 23.6 Å².